The SMILES string of the molecule is NCCCCCCc1c(Cl)cc(Cl)c(Cl)c1Cl. The zero-order valence-corrected chi connectivity index (χ0v) is 12.4. The lowest BCUT2D eigenvalue weighted by Crippen LogP contribution is -1.98. The second-order valence-electron chi connectivity index (χ2n) is 3.90. The molecule has 0 aromatic heterocycles. The van der Waals surface area contributed by atoms with Gasteiger partial charge in [-0.15, -0.1) is 0 Å². The lowest BCUT2D eigenvalue weighted by Gasteiger charge is -2.09. The first-order chi connectivity index (χ1) is 8.07. The molecule has 0 heterocycles. The fourth-order valence-electron chi connectivity index (χ4n) is 1.63. The van der Waals surface area contributed by atoms with Crippen LogP contribution in [0.4, 0.5) is 0 Å². The van der Waals surface area contributed by atoms with Gasteiger partial charge in [-0.25, -0.2) is 0 Å². The van der Waals surface area contributed by atoms with Crippen molar-refractivity contribution >= 4 is 46.4 Å². The Labute approximate surface area is 122 Å². The monoisotopic (exact) mass is 313 g/mol. The smallest absolute Gasteiger partial charge is 0.0782 e. The molecule has 96 valence electrons. The molecule has 1 rings (SSSR count). The molecule has 0 fully saturated rings. The van der Waals surface area contributed by atoms with Crippen LogP contribution in [-0.2, 0) is 6.42 Å². The van der Waals surface area contributed by atoms with Crippen LogP contribution in [0.3, 0.4) is 0 Å². The zero-order valence-electron chi connectivity index (χ0n) is 9.41. The Bertz CT molecular complexity index is 379. The van der Waals surface area contributed by atoms with Crippen LogP contribution in [0.2, 0.25) is 20.1 Å². The molecule has 0 unspecified atom stereocenters. The molecule has 0 amide bonds. The van der Waals surface area contributed by atoms with Crippen molar-refractivity contribution in [2.45, 2.75) is 32.1 Å². The number of halogens is 4. The number of rotatable bonds is 6. The number of hydrogen-bond acceptors (Lipinski definition) is 1. The molecule has 0 aliphatic carbocycles. The van der Waals surface area contributed by atoms with E-state index in [1.165, 1.54) is 0 Å². The Kier molecular flexibility index (Phi) is 6.98. The van der Waals surface area contributed by atoms with E-state index < -0.39 is 0 Å². The van der Waals surface area contributed by atoms with Crippen LogP contribution in [0, 0.1) is 0 Å². The van der Waals surface area contributed by atoms with Gasteiger partial charge in [0.2, 0.25) is 0 Å². The highest BCUT2D eigenvalue weighted by Crippen LogP contribution is 2.38. The van der Waals surface area contributed by atoms with Gasteiger partial charge >= 0.3 is 0 Å². The summed E-state index contributed by atoms with van der Waals surface area (Å²) in [6.07, 6.45) is 5.15. The largest absolute Gasteiger partial charge is 0.330 e. The van der Waals surface area contributed by atoms with Crippen molar-refractivity contribution in [3.8, 4) is 0 Å². The zero-order chi connectivity index (χ0) is 12.8. The van der Waals surface area contributed by atoms with Crippen LogP contribution in [0.25, 0.3) is 0 Å². The highest BCUT2D eigenvalue weighted by atomic mass is 35.5. The van der Waals surface area contributed by atoms with Crippen molar-refractivity contribution in [3.05, 3.63) is 31.7 Å². The van der Waals surface area contributed by atoms with Crippen molar-refractivity contribution in [2.24, 2.45) is 5.73 Å². The normalized spacial score (nSPS) is 10.9. The topological polar surface area (TPSA) is 26.0 Å². The molecular weight excluding hydrogens is 300 g/mol. The molecule has 0 spiro atoms. The van der Waals surface area contributed by atoms with E-state index in [4.69, 9.17) is 52.1 Å². The predicted octanol–water partition coefficient (Wildman–Crippen LogP) is 5.36. The third-order valence-corrected chi connectivity index (χ3v) is 4.23. The summed E-state index contributed by atoms with van der Waals surface area (Å²) < 4.78 is 0. The molecule has 0 atom stereocenters. The molecule has 0 radical (unpaired) electrons. The van der Waals surface area contributed by atoms with Crippen LogP contribution in [0.1, 0.15) is 31.2 Å². The predicted molar refractivity (Wildman–Crippen MR) is 77.7 cm³/mol. The van der Waals surface area contributed by atoms with Crippen LogP contribution in [0.5, 0.6) is 0 Å². The maximum absolute atomic E-state index is 6.12. The van der Waals surface area contributed by atoms with Crippen LogP contribution < -0.4 is 5.73 Å². The molecule has 5 heteroatoms. The van der Waals surface area contributed by atoms with Gasteiger partial charge < -0.3 is 5.73 Å². The molecule has 1 nitrogen and oxygen atoms in total. The summed E-state index contributed by atoms with van der Waals surface area (Å²) in [4.78, 5) is 0. The highest BCUT2D eigenvalue weighted by Gasteiger charge is 2.13. The van der Waals surface area contributed by atoms with Crippen molar-refractivity contribution in [2.75, 3.05) is 6.54 Å². The second-order valence-corrected chi connectivity index (χ2v) is 5.47. The maximum atomic E-state index is 6.12. The van der Waals surface area contributed by atoms with Gasteiger partial charge in [-0.3, -0.25) is 0 Å². The fourth-order valence-corrected chi connectivity index (χ4v) is 2.75. The molecule has 1 aromatic rings. The summed E-state index contributed by atoms with van der Waals surface area (Å²) in [7, 11) is 0. The van der Waals surface area contributed by atoms with Crippen molar-refractivity contribution < 1.29 is 0 Å². The van der Waals surface area contributed by atoms with Crippen LogP contribution >= 0.6 is 46.4 Å². The van der Waals surface area contributed by atoms with Gasteiger partial charge in [0.25, 0.3) is 0 Å². The van der Waals surface area contributed by atoms with Crippen molar-refractivity contribution in [3.63, 3.8) is 0 Å². The van der Waals surface area contributed by atoms with Crippen LogP contribution in [0.15, 0.2) is 6.07 Å². The Morgan fingerprint density at radius 1 is 0.824 bits per heavy atom. The minimum Gasteiger partial charge on any atom is -0.330 e. The third kappa shape index (κ3) is 4.50. The Morgan fingerprint density at radius 2 is 1.47 bits per heavy atom. The first-order valence-corrected chi connectivity index (χ1v) is 7.11. The molecule has 1 aromatic carbocycles. The lowest BCUT2D eigenvalue weighted by atomic mass is 10.1. The average Bonchev–Trinajstić information content (AvgIpc) is 2.30. The standard InChI is InChI=1S/C12H15Cl4N/c13-9-7-10(14)12(16)11(15)8(9)5-3-1-2-4-6-17/h7H,1-6,17H2. The molecular formula is C12H15Cl4N. The van der Waals surface area contributed by atoms with E-state index in [1.54, 1.807) is 6.07 Å². The van der Waals surface area contributed by atoms with E-state index in [2.05, 4.69) is 0 Å². The summed E-state index contributed by atoms with van der Waals surface area (Å²) in [6, 6.07) is 1.65. The number of benzene rings is 1. The third-order valence-electron chi connectivity index (χ3n) is 2.59. The Morgan fingerprint density at radius 3 is 2.12 bits per heavy atom. The van der Waals surface area contributed by atoms with E-state index in [0.717, 1.165) is 44.2 Å². The second kappa shape index (κ2) is 7.70. The number of nitrogens with two attached hydrogens (primary N) is 1. The minimum atomic E-state index is 0.384. The molecule has 2 N–H and O–H groups in total. The highest BCUT2D eigenvalue weighted by molar-refractivity contribution is 6.49. The van der Waals surface area contributed by atoms with Gasteiger partial charge in [0.15, 0.2) is 0 Å². The van der Waals surface area contributed by atoms with Gasteiger partial charge in [0.05, 0.1) is 15.1 Å². The maximum Gasteiger partial charge on any atom is 0.0782 e. The number of hydrogen-bond donors (Lipinski definition) is 1. The van der Waals surface area contributed by atoms with Gasteiger partial charge in [-0.1, -0.05) is 59.2 Å². The van der Waals surface area contributed by atoms with E-state index in [1.807, 2.05) is 0 Å². The molecule has 0 aliphatic heterocycles. The summed E-state index contributed by atoms with van der Waals surface area (Å²) in [6.45, 7) is 0.744. The van der Waals surface area contributed by atoms with E-state index in [9.17, 15) is 0 Å². The summed E-state index contributed by atoms with van der Waals surface area (Å²) in [5.41, 5.74) is 6.32. The Balaban J connectivity index is 2.62. The van der Waals surface area contributed by atoms with Crippen molar-refractivity contribution in [1.82, 2.24) is 0 Å². The van der Waals surface area contributed by atoms with E-state index in [-0.39, 0.29) is 0 Å². The van der Waals surface area contributed by atoms with Gasteiger partial charge in [-0.05, 0) is 37.4 Å². The molecule has 17 heavy (non-hydrogen) atoms. The average molecular weight is 315 g/mol. The summed E-state index contributed by atoms with van der Waals surface area (Å²) in [5.74, 6) is 0. The lowest BCUT2D eigenvalue weighted by molar-refractivity contribution is 0.647. The molecule has 0 saturated heterocycles. The first kappa shape index (κ1) is 15.4. The quantitative estimate of drug-likeness (QED) is 0.427. The molecule has 0 aliphatic rings. The van der Waals surface area contributed by atoms with E-state index in [0.29, 0.717) is 20.1 Å². The van der Waals surface area contributed by atoms with Crippen LogP contribution in [-0.4, -0.2) is 6.54 Å². The number of unbranched alkanes of at least 4 members (excludes halogenated alkanes) is 3. The van der Waals surface area contributed by atoms with Gasteiger partial charge in [0, 0.05) is 5.02 Å². The first-order valence-electron chi connectivity index (χ1n) is 5.60. The van der Waals surface area contributed by atoms with Crippen molar-refractivity contribution in [1.29, 1.82) is 0 Å². The Hall–Kier alpha value is 0.340. The molecule has 0 saturated carbocycles. The molecule has 0 bridgehead atoms. The summed E-state index contributed by atoms with van der Waals surface area (Å²) in [5, 5.41) is 1.84. The van der Waals surface area contributed by atoms with Gasteiger partial charge in [-0.2, -0.15) is 0 Å². The minimum absolute atomic E-state index is 0.384. The van der Waals surface area contributed by atoms with Gasteiger partial charge in [0.1, 0.15) is 0 Å². The van der Waals surface area contributed by atoms with E-state index >= 15 is 0 Å². The summed E-state index contributed by atoms with van der Waals surface area (Å²) >= 11 is 24.1. The fraction of sp³-hybridized carbons (Fsp3) is 0.500.